The maximum atomic E-state index is 13.5. The Morgan fingerprint density at radius 1 is 0.871 bits per heavy atom. The molecular weight excluding hydrogens is 392 g/mol. The number of para-hydroxylation sites is 2. The molecule has 1 heterocycles. The number of H-pyrrole nitrogens is 1. The molecule has 0 aliphatic carbocycles. The Morgan fingerprint density at radius 2 is 1.58 bits per heavy atom. The van der Waals surface area contributed by atoms with Crippen molar-refractivity contribution >= 4 is 22.5 Å². The SMILES string of the molecule is COc1ccc(C(=O)N(Cc2cc3ccccc3[nH]c2=O)c2ccccc2)cc1OC. The van der Waals surface area contributed by atoms with E-state index in [9.17, 15) is 9.59 Å². The molecule has 0 saturated carbocycles. The second-order valence-corrected chi connectivity index (χ2v) is 7.01. The van der Waals surface area contributed by atoms with E-state index < -0.39 is 0 Å². The van der Waals surface area contributed by atoms with E-state index in [0.717, 1.165) is 10.9 Å². The normalized spacial score (nSPS) is 10.6. The van der Waals surface area contributed by atoms with Crippen LogP contribution in [-0.2, 0) is 6.54 Å². The monoisotopic (exact) mass is 414 g/mol. The van der Waals surface area contributed by atoms with Gasteiger partial charge in [-0.3, -0.25) is 9.59 Å². The van der Waals surface area contributed by atoms with Crippen molar-refractivity contribution in [1.29, 1.82) is 0 Å². The minimum atomic E-state index is -0.250. The first kappa shape index (κ1) is 20.2. The number of aromatic nitrogens is 1. The van der Waals surface area contributed by atoms with Crippen LogP contribution in [0.1, 0.15) is 15.9 Å². The number of hydrogen-bond acceptors (Lipinski definition) is 4. The van der Waals surface area contributed by atoms with E-state index in [-0.39, 0.29) is 18.0 Å². The fraction of sp³-hybridized carbons (Fsp3) is 0.120. The van der Waals surface area contributed by atoms with Crippen molar-refractivity contribution in [3.63, 3.8) is 0 Å². The number of rotatable bonds is 6. The van der Waals surface area contributed by atoms with E-state index in [0.29, 0.717) is 28.3 Å². The Kier molecular flexibility index (Phi) is 5.71. The predicted octanol–water partition coefficient (Wildman–Crippen LogP) is 4.39. The van der Waals surface area contributed by atoms with Gasteiger partial charge in [0.05, 0.1) is 20.8 Å². The maximum absolute atomic E-state index is 13.5. The summed E-state index contributed by atoms with van der Waals surface area (Å²) in [5, 5.41) is 0.906. The van der Waals surface area contributed by atoms with Crippen LogP contribution in [0, 0.1) is 0 Å². The molecule has 0 aliphatic rings. The van der Waals surface area contributed by atoms with Gasteiger partial charge in [0.1, 0.15) is 0 Å². The number of hydrogen-bond donors (Lipinski definition) is 1. The van der Waals surface area contributed by atoms with Gasteiger partial charge in [-0.1, -0.05) is 36.4 Å². The van der Waals surface area contributed by atoms with Gasteiger partial charge in [-0.05, 0) is 47.9 Å². The Labute approximate surface area is 179 Å². The van der Waals surface area contributed by atoms with Crippen molar-refractivity contribution in [1.82, 2.24) is 4.98 Å². The first-order valence-corrected chi connectivity index (χ1v) is 9.80. The lowest BCUT2D eigenvalue weighted by molar-refractivity contribution is 0.0984. The molecule has 6 heteroatoms. The van der Waals surface area contributed by atoms with Gasteiger partial charge in [-0.2, -0.15) is 0 Å². The molecule has 4 rings (SSSR count). The Morgan fingerprint density at radius 3 is 2.32 bits per heavy atom. The Bertz CT molecular complexity index is 1280. The van der Waals surface area contributed by atoms with Crippen molar-refractivity contribution in [2.24, 2.45) is 0 Å². The fourth-order valence-corrected chi connectivity index (χ4v) is 3.49. The minimum Gasteiger partial charge on any atom is -0.493 e. The summed E-state index contributed by atoms with van der Waals surface area (Å²) in [6, 6.07) is 23.7. The van der Waals surface area contributed by atoms with Crippen molar-refractivity contribution in [3.8, 4) is 11.5 Å². The van der Waals surface area contributed by atoms with Gasteiger partial charge in [0.2, 0.25) is 0 Å². The molecule has 0 fully saturated rings. The maximum Gasteiger partial charge on any atom is 0.258 e. The first-order valence-electron chi connectivity index (χ1n) is 9.80. The van der Waals surface area contributed by atoms with Crippen LogP contribution in [0.4, 0.5) is 5.69 Å². The molecule has 1 amide bonds. The molecule has 0 saturated heterocycles. The van der Waals surface area contributed by atoms with E-state index >= 15 is 0 Å². The van der Waals surface area contributed by atoms with Gasteiger partial charge in [0, 0.05) is 22.3 Å². The van der Waals surface area contributed by atoms with Crippen LogP contribution in [0.25, 0.3) is 10.9 Å². The van der Waals surface area contributed by atoms with Crippen molar-refractivity contribution in [3.05, 3.63) is 100 Å². The van der Waals surface area contributed by atoms with E-state index in [4.69, 9.17) is 9.47 Å². The molecule has 0 bridgehead atoms. The van der Waals surface area contributed by atoms with Gasteiger partial charge >= 0.3 is 0 Å². The van der Waals surface area contributed by atoms with Crippen LogP contribution >= 0.6 is 0 Å². The lowest BCUT2D eigenvalue weighted by atomic mass is 10.1. The standard InChI is InChI=1S/C25H22N2O4/c1-30-22-13-12-18(15-23(22)31-2)25(29)27(20-9-4-3-5-10-20)16-19-14-17-8-6-7-11-21(17)26-24(19)28/h3-15H,16H2,1-2H3,(H,26,28). The van der Waals surface area contributed by atoms with E-state index in [1.807, 2.05) is 60.7 Å². The number of amides is 1. The molecule has 0 atom stereocenters. The molecule has 0 radical (unpaired) electrons. The summed E-state index contributed by atoms with van der Waals surface area (Å²) < 4.78 is 10.6. The number of pyridine rings is 1. The lowest BCUT2D eigenvalue weighted by Crippen LogP contribution is -2.32. The van der Waals surface area contributed by atoms with Crippen LogP contribution in [0.3, 0.4) is 0 Å². The molecule has 0 spiro atoms. The number of nitrogens with one attached hydrogen (secondary N) is 1. The zero-order valence-corrected chi connectivity index (χ0v) is 17.3. The molecular formula is C25H22N2O4. The van der Waals surface area contributed by atoms with Crippen molar-refractivity contribution in [2.45, 2.75) is 6.54 Å². The average molecular weight is 414 g/mol. The molecule has 0 unspecified atom stereocenters. The van der Waals surface area contributed by atoms with Crippen LogP contribution in [0.2, 0.25) is 0 Å². The number of benzene rings is 3. The van der Waals surface area contributed by atoms with Crippen LogP contribution in [0.5, 0.6) is 11.5 Å². The van der Waals surface area contributed by atoms with E-state index in [1.165, 1.54) is 7.11 Å². The number of aromatic amines is 1. The summed E-state index contributed by atoms with van der Waals surface area (Å²) >= 11 is 0. The fourth-order valence-electron chi connectivity index (χ4n) is 3.49. The van der Waals surface area contributed by atoms with Gasteiger partial charge in [0.25, 0.3) is 11.5 Å². The number of nitrogens with zero attached hydrogens (tertiary/aromatic N) is 1. The van der Waals surface area contributed by atoms with Gasteiger partial charge in [0.15, 0.2) is 11.5 Å². The lowest BCUT2D eigenvalue weighted by Gasteiger charge is -2.23. The smallest absolute Gasteiger partial charge is 0.258 e. The summed E-state index contributed by atoms with van der Waals surface area (Å²) in [5.41, 5.74) is 2.15. The van der Waals surface area contributed by atoms with Crippen LogP contribution in [-0.4, -0.2) is 25.1 Å². The Balaban J connectivity index is 1.76. The topological polar surface area (TPSA) is 71.6 Å². The van der Waals surface area contributed by atoms with Gasteiger partial charge < -0.3 is 19.4 Å². The second-order valence-electron chi connectivity index (χ2n) is 7.01. The summed E-state index contributed by atoms with van der Waals surface area (Å²) in [4.78, 5) is 30.7. The third-order valence-electron chi connectivity index (χ3n) is 5.10. The summed E-state index contributed by atoms with van der Waals surface area (Å²) in [7, 11) is 3.07. The highest BCUT2D eigenvalue weighted by atomic mass is 16.5. The summed E-state index contributed by atoms with van der Waals surface area (Å²) in [5.74, 6) is 0.751. The number of carbonyl (C=O) groups excluding carboxylic acids is 1. The van der Waals surface area contributed by atoms with Crippen molar-refractivity contribution < 1.29 is 14.3 Å². The quantitative estimate of drug-likeness (QED) is 0.508. The first-order chi connectivity index (χ1) is 15.1. The third kappa shape index (κ3) is 4.14. The van der Waals surface area contributed by atoms with Gasteiger partial charge in [-0.25, -0.2) is 0 Å². The molecule has 31 heavy (non-hydrogen) atoms. The predicted molar refractivity (Wildman–Crippen MR) is 121 cm³/mol. The molecule has 6 nitrogen and oxygen atoms in total. The van der Waals surface area contributed by atoms with Crippen molar-refractivity contribution in [2.75, 3.05) is 19.1 Å². The largest absolute Gasteiger partial charge is 0.493 e. The Hall–Kier alpha value is -4.06. The number of ether oxygens (including phenoxy) is 2. The summed E-state index contributed by atoms with van der Waals surface area (Å²) in [6.45, 7) is 0.122. The molecule has 156 valence electrons. The highest BCUT2D eigenvalue weighted by Gasteiger charge is 2.21. The van der Waals surface area contributed by atoms with Crippen LogP contribution in [0.15, 0.2) is 83.7 Å². The number of fused-ring (bicyclic) bond motifs is 1. The minimum absolute atomic E-state index is 0.122. The molecule has 4 aromatic rings. The zero-order valence-electron chi connectivity index (χ0n) is 17.3. The summed E-state index contributed by atoms with van der Waals surface area (Å²) in [6.07, 6.45) is 0. The van der Waals surface area contributed by atoms with E-state index in [2.05, 4.69) is 4.98 Å². The molecule has 1 aromatic heterocycles. The average Bonchev–Trinajstić information content (AvgIpc) is 2.82. The number of carbonyl (C=O) groups is 1. The molecule has 1 N–H and O–H groups in total. The highest BCUT2D eigenvalue weighted by molar-refractivity contribution is 6.06. The van der Waals surface area contributed by atoms with E-state index in [1.54, 1.807) is 30.2 Å². The zero-order chi connectivity index (χ0) is 21.8. The third-order valence-corrected chi connectivity index (χ3v) is 5.10. The van der Waals surface area contributed by atoms with Crippen LogP contribution < -0.4 is 19.9 Å². The molecule has 0 aliphatic heterocycles. The number of methoxy groups -OCH3 is 2. The number of anilines is 1. The van der Waals surface area contributed by atoms with Gasteiger partial charge in [-0.15, -0.1) is 0 Å². The highest BCUT2D eigenvalue weighted by Crippen LogP contribution is 2.29. The second kappa shape index (κ2) is 8.75. The molecule has 3 aromatic carbocycles.